The molecule has 0 bridgehead atoms. The zero-order valence-corrected chi connectivity index (χ0v) is 14.9. The molecule has 6 nitrogen and oxygen atoms in total. The molecule has 1 aromatic heterocycles. The summed E-state index contributed by atoms with van der Waals surface area (Å²) < 4.78 is 32.7. The van der Waals surface area contributed by atoms with Gasteiger partial charge in [-0.25, -0.2) is 8.78 Å². The molecule has 0 unspecified atom stereocenters. The fraction of sp³-hybridized carbons (Fsp3) is 0.111. The van der Waals surface area contributed by atoms with E-state index in [-0.39, 0.29) is 5.56 Å². The number of hydrazine groups is 1. The second kappa shape index (κ2) is 8.05. The number of rotatable bonds is 6. The van der Waals surface area contributed by atoms with Gasteiger partial charge in [0.05, 0.1) is 11.3 Å². The smallest absolute Gasteiger partial charge is 0.282 e. The molecule has 0 saturated carbocycles. The predicted octanol–water partition coefficient (Wildman–Crippen LogP) is 4.56. The number of benzene rings is 2. The van der Waals surface area contributed by atoms with Crippen LogP contribution >= 0.6 is 11.6 Å². The third-order valence-corrected chi connectivity index (χ3v) is 3.75. The van der Waals surface area contributed by atoms with E-state index in [1.54, 1.807) is 48.5 Å². The molecule has 1 heterocycles. The minimum Gasteiger partial charge on any atom is -0.457 e. The van der Waals surface area contributed by atoms with Crippen LogP contribution in [-0.2, 0) is 7.05 Å². The summed E-state index contributed by atoms with van der Waals surface area (Å²) in [5.41, 5.74) is 4.81. The molecule has 0 radical (unpaired) electrons. The van der Waals surface area contributed by atoms with E-state index in [9.17, 15) is 13.6 Å². The Hall–Kier alpha value is -3.13. The number of alkyl halides is 2. The zero-order valence-electron chi connectivity index (χ0n) is 14.1. The SMILES string of the molecule is Cn1cc(C(=O)NNc2ccc(Oc3cccc(Cl)c3)cc2)c(C(F)F)n1. The number of hydrogen-bond acceptors (Lipinski definition) is 4. The fourth-order valence-electron chi connectivity index (χ4n) is 2.31. The summed E-state index contributed by atoms with van der Waals surface area (Å²) in [6.45, 7) is 0. The average molecular weight is 393 g/mol. The van der Waals surface area contributed by atoms with Crippen LogP contribution in [0.15, 0.2) is 54.7 Å². The van der Waals surface area contributed by atoms with Crippen molar-refractivity contribution in [1.29, 1.82) is 0 Å². The molecule has 9 heteroatoms. The van der Waals surface area contributed by atoms with Gasteiger partial charge in [-0.2, -0.15) is 5.10 Å². The van der Waals surface area contributed by atoms with Crippen molar-refractivity contribution in [2.45, 2.75) is 6.43 Å². The first-order chi connectivity index (χ1) is 12.9. The van der Waals surface area contributed by atoms with Gasteiger partial charge in [-0.1, -0.05) is 17.7 Å². The summed E-state index contributed by atoms with van der Waals surface area (Å²) >= 11 is 5.91. The van der Waals surface area contributed by atoms with E-state index in [0.29, 0.717) is 22.2 Å². The molecule has 140 valence electrons. The molecule has 0 atom stereocenters. The number of ether oxygens (including phenoxy) is 1. The van der Waals surface area contributed by atoms with Crippen molar-refractivity contribution in [2.75, 3.05) is 5.43 Å². The van der Waals surface area contributed by atoms with Gasteiger partial charge in [0.2, 0.25) is 0 Å². The summed E-state index contributed by atoms with van der Waals surface area (Å²) in [7, 11) is 1.47. The Morgan fingerprint density at radius 2 is 1.93 bits per heavy atom. The standard InChI is InChI=1S/C18H15ClF2N4O2/c1-25-10-15(16(24-25)17(20)21)18(26)23-22-12-5-7-13(8-6-12)27-14-4-2-3-11(19)9-14/h2-10,17,22H,1H3,(H,23,26). The lowest BCUT2D eigenvalue weighted by Gasteiger charge is -2.10. The van der Waals surface area contributed by atoms with Crippen LogP contribution in [0.3, 0.4) is 0 Å². The number of nitrogens with zero attached hydrogens (tertiary/aromatic N) is 2. The fourth-order valence-corrected chi connectivity index (χ4v) is 2.49. The number of aryl methyl sites for hydroxylation is 1. The number of anilines is 1. The number of carbonyl (C=O) groups excluding carboxylic acids is 1. The van der Waals surface area contributed by atoms with E-state index < -0.39 is 18.0 Å². The van der Waals surface area contributed by atoms with Gasteiger partial charge in [0.1, 0.15) is 17.2 Å². The molecule has 3 aromatic rings. The number of aromatic nitrogens is 2. The van der Waals surface area contributed by atoms with Crippen molar-refractivity contribution in [1.82, 2.24) is 15.2 Å². The zero-order chi connectivity index (χ0) is 19.4. The Labute approximate surface area is 158 Å². The highest BCUT2D eigenvalue weighted by atomic mass is 35.5. The first-order valence-electron chi connectivity index (χ1n) is 7.84. The molecule has 0 spiro atoms. The third kappa shape index (κ3) is 4.73. The number of carbonyl (C=O) groups is 1. The molecule has 2 N–H and O–H groups in total. The van der Waals surface area contributed by atoms with Crippen LogP contribution in [0.2, 0.25) is 5.02 Å². The van der Waals surface area contributed by atoms with Gasteiger partial charge in [-0.3, -0.25) is 20.3 Å². The molecule has 0 aliphatic rings. The van der Waals surface area contributed by atoms with Crippen LogP contribution in [0.5, 0.6) is 11.5 Å². The highest BCUT2D eigenvalue weighted by Crippen LogP contribution is 2.25. The molecule has 2 aromatic carbocycles. The number of nitrogens with one attached hydrogen (secondary N) is 2. The molecular weight excluding hydrogens is 378 g/mol. The summed E-state index contributed by atoms with van der Waals surface area (Å²) in [5, 5.41) is 4.16. The molecule has 0 aliphatic heterocycles. The first kappa shape index (κ1) is 18.7. The molecule has 0 saturated heterocycles. The Morgan fingerprint density at radius 1 is 1.19 bits per heavy atom. The Morgan fingerprint density at radius 3 is 2.59 bits per heavy atom. The molecule has 1 amide bonds. The highest BCUT2D eigenvalue weighted by Gasteiger charge is 2.22. The Balaban J connectivity index is 1.61. The van der Waals surface area contributed by atoms with E-state index in [4.69, 9.17) is 16.3 Å². The van der Waals surface area contributed by atoms with Crippen LogP contribution in [0.25, 0.3) is 0 Å². The average Bonchev–Trinajstić information content (AvgIpc) is 3.03. The van der Waals surface area contributed by atoms with Crippen LogP contribution in [0.1, 0.15) is 22.5 Å². The predicted molar refractivity (Wildman–Crippen MR) is 97.2 cm³/mol. The maximum atomic E-state index is 12.9. The lowest BCUT2D eigenvalue weighted by atomic mass is 10.2. The van der Waals surface area contributed by atoms with Crippen molar-refractivity contribution >= 4 is 23.2 Å². The highest BCUT2D eigenvalue weighted by molar-refractivity contribution is 6.30. The third-order valence-electron chi connectivity index (χ3n) is 3.52. The topological polar surface area (TPSA) is 68.2 Å². The van der Waals surface area contributed by atoms with Crippen molar-refractivity contribution < 1.29 is 18.3 Å². The van der Waals surface area contributed by atoms with Crippen LogP contribution in [0, 0.1) is 0 Å². The van der Waals surface area contributed by atoms with Gasteiger partial charge >= 0.3 is 0 Å². The molecule has 0 aliphatic carbocycles. The van der Waals surface area contributed by atoms with Gasteiger partial charge in [-0.15, -0.1) is 0 Å². The van der Waals surface area contributed by atoms with E-state index in [1.807, 2.05) is 0 Å². The van der Waals surface area contributed by atoms with E-state index in [2.05, 4.69) is 16.0 Å². The van der Waals surface area contributed by atoms with Crippen LogP contribution in [-0.4, -0.2) is 15.7 Å². The van der Waals surface area contributed by atoms with E-state index in [1.165, 1.54) is 17.9 Å². The number of amides is 1. The molecule has 0 fully saturated rings. The number of hydrogen-bond donors (Lipinski definition) is 2. The minimum atomic E-state index is -2.84. The summed E-state index contributed by atoms with van der Waals surface area (Å²) in [4.78, 5) is 12.1. The maximum Gasteiger partial charge on any atom is 0.282 e. The van der Waals surface area contributed by atoms with E-state index >= 15 is 0 Å². The quantitative estimate of drug-likeness (QED) is 0.603. The van der Waals surface area contributed by atoms with Crippen molar-refractivity contribution in [3.63, 3.8) is 0 Å². The summed E-state index contributed by atoms with van der Waals surface area (Å²) in [6, 6.07) is 13.7. The maximum absolute atomic E-state index is 12.9. The van der Waals surface area contributed by atoms with Gasteiger partial charge < -0.3 is 4.74 Å². The lowest BCUT2D eigenvalue weighted by Crippen LogP contribution is -2.29. The molecule has 3 rings (SSSR count). The largest absolute Gasteiger partial charge is 0.457 e. The van der Waals surface area contributed by atoms with Crippen LogP contribution < -0.4 is 15.6 Å². The second-order valence-electron chi connectivity index (χ2n) is 5.57. The first-order valence-corrected chi connectivity index (χ1v) is 8.21. The van der Waals surface area contributed by atoms with Crippen molar-refractivity contribution in [3.05, 3.63) is 71.0 Å². The normalized spacial score (nSPS) is 10.7. The van der Waals surface area contributed by atoms with Gasteiger partial charge in [-0.05, 0) is 42.5 Å². The lowest BCUT2D eigenvalue weighted by molar-refractivity contribution is 0.0948. The summed E-state index contributed by atoms with van der Waals surface area (Å²) in [6.07, 6.45) is -1.60. The number of halogens is 3. The van der Waals surface area contributed by atoms with Crippen molar-refractivity contribution in [3.8, 4) is 11.5 Å². The monoisotopic (exact) mass is 392 g/mol. The van der Waals surface area contributed by atoms with Gasteiger partial charge in [0.15, 0.2) is 0 Å². The molecule has 27 heavy (non-hydrogen) atoms. The Bertz CT molecular complexity index is 945. The second-order valence-corrected chi connectivity index (χ2v) is 6.00. The molecular formula is C18H15ClF2N4O2. The van der Waals surface area contributed by atoms with Gasteiger partial charge in [0.25, 0.3) is 12.3 Å². The van der Waals surface area contributed by atoms with Crippen molar-refractivity contribution in [2.24, 2.45) is 7.05 Å². The van der Waals surface area contributed by atoms with Crippen LogP contribution in [0.4, 0.5) is 14.5 Å². The van der Waals surface area contributed by atoms with Gasteiger partial charge in [0, 0.05) is 18.3 Å². The van der Waals surface area contributed by atoms with E-state index in [0.717, 1.165) is 0 Å². The minimum absolute atomic E-state index is 0.194. The summed E-state index contributed by atoms with van der Waals surface area (Å²) in [5.74, 6) is 0.451. The Kier molecular flexibility index (Phi) is 5.56.